The molecule has 0 aliphatic heterocycles. The second-order valence-electron chi connectivity index (χ2n) is 4.03. The summed E-state index contributed by atoms with van der Waals surface area (Å²) >= 11 is 5.86. The van der Waals surface area contributed by atoms with Gasteiger partial charge in [-0.05, 0) is 42.5 Å². The van der Waals surface area contributed by atoms with E-state index >= 15 is 0 Å². The molecule has 0 bridgehead atoms. The molecule has 0 saturated carbocycles. The number of fused-ring (bicyclic) bond motifs is 1. The number of nitrogens with two attached hydrogens (primary N) is 1. The van der Waals surface area contributed by atoms with Gasteiger partial charge in [0.05, 0.1) is 10.7 Å². The number of benzene rings is 2. The van der Waals surface area contributed by atoms with Crippen LogP contribution in [-0.4, -0.2) is 0 Å². The monoisotopic (exact) mass is 261 g/mol. The van der Waals surface area contributed by atoms with Crippen molar-refractivity contribution in [2.45, 2.75) is 0 Å². The van der Waals surface area contributed by atoms with E-state index in [0.717, 1.165) is 10.9 Å². The summed E-state index contributed by atoms with van der Waals surface area (Å²) in [6, 6.07) is 11.4. The van der Waals surface area contributed by atoms with Crippen molar-refractivity contribution >= 4 is 28.3 Å². The van der Waals surface area contributed by atoms with Crippen molar-refractivity contribution in [1.82, 2.24) is 0 Å². The van der Waals surface area contributed by atoms with E-state index in [0.29, 0.717) is 22.1 Å². The van der Waals surface area contributed by atoms with Gasteiger partial charge in [0.1, 0.15) is 17.2 Å². The molecular formula is C14H9ClFNO. The molecule has 3 aromatic rings. The summed E-state index contributed by atoms with van der Waals surface area (Å²) in [5, 5.41) is 1.22. The minimum atomic E-state index is -0.287. The van der Waals surface area contributed by atoms with Crippen LogP contribution in [0.15, 0.2) is 46.9 Å². The van der Waals surface area contributed by atoms with Crippen molar-refractivity contribution in [3.63, 3.8) is 0 Å². The van der Waals surface area contributed by atoms with Crippen LogP contribution in [0, 0.1) is 5.82 Å². The van der Waals surface area contributed by atoms with Crippen molar-refractivity contribution < 1.29 is 8.81 Å². The molecule has 0 fully saturated rings. The Hall–Kier alpha value is -2.00. The molecule has 0 atom stereocenters. The molecule has 18 heavy (non-hydrogen) atoms. The first kappa shape index (κ1) is 11.1. The highest BCUT2D eigenvalue weighted by Crippen LogP contribution is 2.31. The van der Waals surface area contributed by atoms with Gasteiger partial charge >= 0.3 is 0 Å². The lowest BCUT2D eigenvalue weighted by atomic mass is 10.1. The van der Waals surface area contributed by atoms with Crippen molar-refractivity contribution in [2.75, 3.05) is 5.73 Å². The minimum Gasteiger partial charge on any atom is -0.456 e. The summed E-state index contributed by atoms with van der Waals surface area (Å²) in [7, 11) is 0. The topological polar surface area (TPSA) is 39.2 Å². The van der Waals surface area contributed by atoms with Crippen LogP contribution in [0.25, 0.3) is 22.3 Å². The number of halogens is 2. The van der Waals surface area contributed by atoms with Gasteiger partial charge in [-0.25, -0.2) is 4.39 Å². The SMILES string of the molecule is Nc1cc(-c2cc3cc(F)ccc3o2)ccc1Cl. The summed E-state index contributed by atoms with van der Waals surface area (Å²) in [4.78, 5) is 0. The molecule has 3 rings (SSSR count). The Morgan fingerprint density at radius 2 is 1.89 bits per heavy atom. The number of nitrogen functional groups attached to an aromatic ring is 1. The second kappa shape index (κ2) is 4.03. The van der Waals surface area contributed by atoms with E-state index in [4.69, 9.17) is 21.8 Å². The molecule has 0 spiro atoms. The normalized spacial score (nSPS) is 11.0. The van der Waals surface area contributed by atoms with E-state index in [9.17, 15) is 4.39 Å². The van der Waals surface area contributed by atoms with Crippen LogP contribution in [-0.2, 0) is 0 Å². The Morgan fingerprint density at radius 1 is 1.06 bits per heavy atom. The van der Waals surface area contributed by atoms with Crippen molar-refractivity contribution in [1.29, 1.82) is 0 Å². The molecule has 2 N–H and O–H groups in total. The van der Waals surface area contributed by atoms with E-state index in [1.807, 2.05) is 6.07 Å². The van der Waals surface area contributed by atoms with E-state index < -0.39 is 0 Å². The Kier molecular flexibility index (Phi) is 2.49. The third kappa shape index (κ3) is 1.83. The molecule has 0 amide bonds. The number of furan rings is 1. The molecule has 90 valence electrons. The van der Waals surface area contributed by atoms with Crippen LogP contribution >= 0.6 is 11.6 Å². The van der Waals surface area contributed by atoms with Gasteiger partial charge in [0, 0.05) is 10.9 Å². The average Bonchev–Trinajstić information content (AvgIpc) is 2.75. The standard InChI is InChI=1S/C14H9ClFNO/c15-11-3-1-8(6-12(11)17)14-7-9-5-10(16)2-4-13(9)18-14/h1-7H,17H2. The number of rotatable bonds is 1. The molecule has 1 aromatic heterocycles. The second-order valence-corrected chi connectivity index (χ2v) is 4.44. The molecular weight excluding hydrogens is 253 g/mol. The van der Waals surface area contributed by atoms with E-state index in [1.165, 1.54) is 12.1 Å². The highest BCUT2D eigenvalue weighted by atomic mass is 35.5. The van der Waals surface area contributed by atoms with Gasteiger partial charge in [0.15, 0.2) is 0 Å². The highest BCUT2D eigenvalue weighted by Gasteiger charge is 2.08. The number of anilines is 1. The predicted molar refractivity (Wildman–Crippen MR) is 71.0 cm³/mol. The van der Waals surface area contributed by atoms with Crippen LogP contribution in [0.4, 0.5) is 10.1 Å². The molecule has 0 radical (unpaired) electrons. The molecule has 1 heterocycles. The van der Waals surface area contributed by atoms with Crippen LogP contribution in [0.2, 0.25) is 5.02 Å². The Bertz CT molecular complexity index is 736. The molecule has 0 aliphatic carbocycles. The predicted octanol–water partition coefficient (Wildman–Crippen LogP) is 4.47. The maximum absolute atomic E-state index is 13.1. The fourth-order valence-electron chi connectivity index (χ4n) is 1.85. The van der Waals surface area contributed by atoms with Gasteiger partial charge in [-0.15, -0.1) is 0 Å². The number of hydrogen-bond acceptors (Lipinski definition) is 2. The molecule has 0 aliphatic rings. The molecule has 0 unspecified atom stereocenters. The maximum atomic E-state index is 13.1. The molecule has 2 nitrogen and oxygen atoms in total. The zero-order valence-corrected chi connectivity index (χ0v) is 10.0. The van der Waals surface area contributed by atoms with Gasteiger partial charge < -0.3 is 10.2 Å². The lowest BCUT2D eigenvalue weighted by Crippen LogP contribution is -1.86. The summed E-state index contributed by atoms with van der Waals surface area (Å²) in [5.41, 5.74) is 7.68. The van der Waals surface area contributed by atoms with Gasteiger partial charge in [0.2, 0.25) is 0 Å². The van der Waals surface area contributed by atoms with Crippen molar-refractivity contribution in [3.05, 3.63) is 53.3 Å². The average molecular weight is 262 g/mol. The van der Waals surface area contributed by atoms with E-state index in [1.54, 1.807) is 24.3 Å². The van der Waals surface area contributed by atoms with Gasteiger partial charge in [-0.3, -0.25) is 0 Å². The smallest absolute Gasteiger partial charge is 0.135 e. The largest absolute Gasteiger partial charge is 0.456 e. The lowest BCUT2D eigenvalue weighted by molar-refractivity contribution is 0.619. The first-order chi connectivity index (χ1) is 8.63. The van der Waals surface area contributed by atoms with E-state index in [-0.39, 0.29) is 5.82 Å². The summed E-state index contributed by atoms with van der Waals surface area (Å²) in [6.07, 6.45) is 0. The van der Waals surface area contributed by atoms with Gasteiger partial charge in [-0.2, -0.15) is 0 Å². The Labute approximate surface area is 108 Å². The third-order valence-corrected chi connectivity index (χ3v) is 3.10. The van der Waals surface area contributed by atoms with Crippen molar-refractivity contribution in [2.24, 2.45) is 0 Å². The Balaban J connectivity index is 2.16. The first-order valence-electron chi connectivity index (χ1n) is 5.38. The summed E-state index contributed by atoms with van der Waals surface area (Å²) in [5.74, 6) is 0.351. The maximum Gasteiger partial charge on any atom is 0.135 e. The van der Waals surface area contributed by atoms with Gasteiger partial charge in [0.25, 0.3) is 0 Å². The Morgan fingerprint density at radius 3 is 2.67 bits per heavy atom. The van der Waals surface area contributed by atoms with Crippen LogP contribution < -0.4 is 5.73 Å². The van der Waals surface area contributed by atoms with Crippen LogP contribution in [0.1, 0.15) is 0 Å². The highest BCUT2D eigenvalue weighted by molar-refractivity contribution is 6.33. The first-order valence-corrected chi connectivity index (χ1v) is 5.76. The number of hydrogen-bond donors (Lipinski definition) is 1. The van der Waals surface area contributed by atoms with Gasteiger partial charge in [-0.1, -0.05) is 11.6 Å². The van der Waals surface area contributed by atoms with Crippen LogP contribution in [0.3, 0.4) is 0 Å². The lowest BCUT2D eigenvalue weighted by Gasteiger charge is -2.00. The summed E-state index contributed by atoms with van der Waals surface area (Å²) in [6.45, 7) is 0. The fraction of sp³-hybridized carbons (Fsp3) is 0. The quantitative estimate of drug-likeness (QED) is 0.656. The zero-order valence-electron chi connectivity index (χ0n) is 9.28. The van der Waals surface area contributed by atoms with Crippen LogP contribution in [0.5, 0.6) is 0 Å². The summed E-state index contributed by atoms with van der Waals surface area (Å²) < 4.78 is 18.7. The molecule has 2 aromatic carbocycles. The van der Waals surface area contributed by atoms with E-state index in [2.05, 4.69) is 0 Å². The fourth-order valence-corrected chi connectivity index (χ4v) is 1.97. The third-order valence-electron chi connectivity index (χ3n) is 2.76. The molecule has 0 saturated heterocycles. The minimum absolute atomic E-state index is 0.287. The zero-order chi connectivity index (χ0) is 12.7. The van der Waals surface area contributed by atoms with Crippen molar-refractivity contribution in [3.8, 4) is 11.3 Å². The molecule has 4 heteroatoms.